The molecule has 0 N–H and O–H groups in total. The molecule has 0 saturated carbocycles. The van der Waals surface area contributed by atoms with Crippen molar-refractivity contribution in [1.29, 1.82) is 0 Å². The van der Waals surface area contributed by atoms with Gasteiger partial charge in [-0.2, -0.15) is 0 Å². The molecule has 3 unspecified atom stereocenters. The van der Waals surface area contributed by atoms with Crippen LogP contribution in [0, 0.1) is 5.92 Å². The van der Waals surface area contributed by atoms with E-state index in [1.807, 2.05) is 0 Å². The van der Waals surface area contributed by atoms with Crippen LogP contribution < -0.4 is 18.9 Å². The number of aryl methyl sites for hydroxylation is 1. The molecule has 3 atom stereocenters. The molecule has 0 radical (unpaired) electrons. The normalized spacial score (nSPS) is 20.4. The molecule has 0 aliphatic heterocycles. The average Bonchev–Trinajstić information content (AvgIpc) is 3.60. The minimum atomic E-state index is -1.77. The topological polar surface area (TPSA) is 0 Å². The van der Waals surface area contributed by atoms with E-state index in [-0.39, 0.29) is 20.3 Å². The van der Waals surface area contributed by atoms with E-state index in [0.717, 1.165) is 0 Å². The predicted octanol–water partition coefficient (Wildman–Crippen LogP) is 6.47. The minimum Gasteiger partial charge on any atom is -1.00 e. The summed E-state index contributed by atoms with van der Waals surface area (Å²) in [7, 11) is -1.77. The monoisotopic (exact) mass is 482 g/mol. The van der Waals surface area contributed by atoms with Crippen molar-refractivity contribution in [3.8, 4) is 11.1 Å². The van der Waals surface area contributed by atoms with Gasteiger partial charge in [-0.15, -0.1) is 0 Å². The summed E-state index contributed by atoms with van der Waals surface area (Å²) in [5, 5.41) is 0. The SMILES string of the molecule is CCCC(C)C1=CC([Si](C)(C)C2C=Cc3c2cc2c(c3-c3ccccc3)CCC2)c2ccccc21.[H-].[Li+]. The maximum Gasteiger partial charge on any atom is 1.00 e. The molecule has 0 spiro atoms. The van der Waals surface area contributed by atoms with E-state index in [0.29, 0.717) is 17.0 Å². The Bertz CT molecular complexity index is 1340. The summed E-state index contributed by atoms with van der Waals surface area (Å²) in [4.78, 5) is 0. The summed E-state index contributed by atoms with van der Waals surface area (Å²) < 4.78 is 0. The van der Waals surface area contributed by atoms with Crippen molar-refractivity contribution in [1.82, 2.24) is 0 Å². The standard InChI is InChI=1S/C34H38Si.Li.H/c1-5-12-23(2)30-22-33(28-17-10-9-16-27(28)30)35(3,4)32-20-19-29-31(32)21-25-15-11-18-26(25)34(29)24-13-7-6-8-14-24;;/h6-10,13-14,16-17,19-23,32-33H,5,11-12,15,18H2,1-4H3;;/q;+1;-1. The Balaban J connectivity index is 0.00000160. The van der Waals surface area contributed by atoms with Crippen LogP contribution in [0.15, 0.2) is 72.8 Å². The molecule has 0 bridgehead atoms. The van der Waals surface area contributed by atoms with E-state index >= 15 is 0 Å². The van der Waals surface area contributed by atoms with Crippen LogP contribution in [0.1, 0.15) is 79.0 Å². The van der Waals surface area contributed by atoms with Gasteiger partial charge < -0.3 is 1.43 Å². The van der Waals surface area contributed by atoms with Gasteiger partial charge in [-0.05, 0) is 92.8 Å². The number of fused-ring (bicyclic) bond motifs is 3. The molecule has 0 saturated heterocycles. The largest absolute Gasteiger partial charge is 1.00 e. The third-order valence-electron chi connectivity index (χ3n) is 9.13. The molecular weight excluding hydrogens is 443 g/mol. The van der Waals surface area contributed by atoms with Gasteiger partial charge in [0.05, 0.1) is 8.07 Å². The van der Waals surface area contributed by atoms with E-state index < -0.39 is 8.07 Å². The van der Waals surface area contributed by atoms with Crippen molar-refractivity contribution >= 4 is 19.7 Å². The van der Waals surface area contributed by atoms with Gasteiger partial charge in [-0.3, -0.25) is 0 Å². The van der Waals surface area contributed by atoms with Gasteiger partial charge in [0.15, 0.2) is 0 Å². The first-order valence-corrected chi connectivity index (χ1v) is 16.9. The van der Waals surface area contributed by atoms with E-state index in [1.54, 1.807) is 27.8 Å². The van der Waals surface area contributed by atoms with Crippen LogP contribution >= 0.6 is 0 Å². The Kier molecular flexibility index (Phi) is 7.12. The molecule has 180 valence electrons. The molecule has 2 heteroatoms. The van der Waals surface area contributed by atoms with Crippen molar-refractivity contribution in [2.24, 2.45) is 5.92 Å². The Hall–Kier alpha value is -2.05. The fraction of sp³-hybridized carbons (Fsp3) is 0.353. The third kappa shape index (κ3) is 4.05. The molecule has 0 fully saturated rings. The molecule has 3 aromatic carbocycles. The number of hydrogen-bond acceptors (Lipinski definition) is 0. The van der Waals surface area contributed by atoms with Crippen molar-refractivity contribution in [2.45, 2.75) is 70.1 Å². The smallest absolute Gasteiger partial charge is 1.00 e. The summed E-state index contributed by atoms with van der Waals surface area (Å²) in [6, 6.07) is 23.1. The molecule has 3 aliphatic carbocycles. The van der Waals surface area contributed by atoms with Crippen LogP contribution in [-0.4, -0.2) is 8.07 Å². The van der Waals surface area contributed by atoms with Crippen LogP contribution in [-0.2, 0) is 12.8 Å². The van der Waals surface area contributed by atoms with E-state index in [9.17, 15) is 0 Å². The molecule has 6 rings (SSSR count). The van der Waals surface area contributed by atoms with Gasteiger partial charge in [0.2, 0.25) is 0 Å². The first kappa shape index (κ1) is 25.6. The molecule has 0 nitrogen and oxygen atoms in total. The maximum absolute atomic E-state index is 2.70. The summed E-state index contributed by atoms with van der Waals surface area (Å²) in [5.74, 6) is 0.635. The predicted molar refractivity (Wildman–Crippen MR) is 156 cm³/mol. The molecular formula is C34H39LiSi. The van der Waals surface area contributed by atoms with Gasteiger partial charge >= 0.3 is 18.9 Å². The van der Waals surface area contributed by atoms with Gasteiger partial charge in [0, 0.05) is 0 Å². The molecule has 0 amide bonds. The summed E-state index contributed by atoms with van der Waals surface area (Å²) in [6.07, 6.45) is 14.1. The summed E-state index contributed by atoms with van der Waals surface area (Å²) in [5.41, 5.74) is 15.1. The number of rotatable bonds is 6. The van der Waals surface area contributed by atoms with Crippen molar-refractivity contribution < 1.29 is 20.3 Å². The van der Waals surface area contributed by atoms with Gasteiger partial charge in [0.25, 0.3) is 0 Å². The Morgan fingerprint density at radius 1 is 0.944 bits per heavy atom. The average molecular weight is 483 g/mol. The van der Waals surface area contributed by atoms with Crippen molar-refractivity contribution in [3.05, 3.63) is 106 Å². The number of allylic oxidation sites excluding steroid dienone is 3. The molecule has 0 aromatic heterocycles. The second-order valence-electron chi connectivity index (χ2n) is 11.6. The third-order valence-corrected chi connectivity index (χ3v) is 13.3. The van der Waals surface area contributed by atoms with Gasteiger partial charge in [-0.25, -0.2) is 0 Å². The maximum atomic E-state index is 2.70. The van der Waals surface area contributed by atoms with E-state index in [4.69, 9.17) is 0 Å². The zero-order valence-electron chi connectivity index (χ0n) is 23.8. The first-order valence-electron chi connectivity index (χ1n) is 13.7. The van der Waals surface area contributed by atoms with Crippen LogP contribution in [0.3, 0.4) is 0 Å². The Morgan fingerprint density at radius 2 is 1.69 bits per heavy atom. The van der Waals surface area contributed by atoms with Crippen LogP contribution in [0.2, 0.25) is 13.1 Å². The van der Waals surface area contributed by atoms with Crippen LogP contribution in [0.25, 0.3) is 22.8 Å². The van der Waals surface area contributed by atoms with E-state index in [2.05, 4.69) is 106 Å². The zero-order chi connectivity index (χ0) is 24.2. The summed E-state index contributed by atoms with van der Waals surface area (Å²) >= 11 is 0. The molecule has 0 heterocycles. The van der Waals surface area contributed by atoms with Gasteiger partial charge in [-0.1, -0.05) is 112 Å². The Labute approximate surface area is 232 Å². The first-order chi connectivity index (χ1) is 17.0. The minimum absolute atomic E-state index is 0. The quantitative estimate of drug-likeness (QED) is 0.353. The Morgan fingerprint density at radius 3 is 2.47 bits per heavy atom. The summed E-state index contributed by atoms with van der Waals surface area (Å²) in [6.45, 7) is 10.1. The fourth-order valence-electron chi connectivity index (χ4n) is 7.32. The van der Waals surface area contributed by atoms with Crippen molar-refractivity contribution in [2.75, 3.05) is 0 Å². The van der Waals surface area contributed by atoms with E-state index in [1.165, 1.54) is 54.4 Å². The van der Waals surface area contributed by atoms with Crippen LogP contribution in [0.4, 0.5) is 0 Å². The van der Waals surface area contributed by atoms with Gasteiger partial charge in [0.1, 0.15) is 0 Å². The second-order valence-corrected chi connectivity index (χ2v) is 16.5. The van der Waals surface area contributed by atoms with Crippen LogP contribution in [0.5, 0.6) is 0 Å². The molecule has 36 heavy (non-hydrogen) atoms. The molecule has 3 aliphatic rings. The second kappa shape index (κ2) is 10.0. The van der Waals surface area contributed by atoms with Crippen molar-refractivity contribution in [3.63, 3.8) is 0 Å². The zero-order valence-corrected chi connectivity index (χ0v) is 23.8. The fourth-order valence-corrected chi connectivity index (χ4v) is 11.0. The number of benzene rings is 3. The molecule has 3 aromatic rings. The number of hydrogen-bond donors (Lipinski definition) is 0.